The fraction of sp³-hybridized carbons (Fsp3) is 0.400. The van der Waals surface area contributed by atoms with Crippen LogP contribution < -0.4 is 9.80 Å². The van der Waals surface area contributed by atoms with E-state index in [-0.39, 0.29) is 0 Å². The Morgan fingerprint density at radius 2 is 1.12 bits per heavy atom. The number of nitrogens with zero attached hydrogens (tertiary/aromatic N) is 4. The minimum Gasteiger partial charge on any atom is -0.370 e. The van der Waals surface area contributed by atoms with E-state index >= 15 is 0 Å². The van der Waals surface area contributed by atoms with Crippen LogP contribution in [0.2, 0.25) is 0 Å². The molecule has 0 aromatic heterocycles. The predicted octanol–water partition coefficient (Wildman–Crippen LogP) is 5.45. The number of likely N-dealkylation sites (N-methyl/N-ethyl adjacent to an activating group) is 2. The van der Waals surface area contributed by atoms with Crippen LogP contribution in [0.5, 0.6) is 0 Å². The number of nitroso groups, excluding NO2 is 2. The molecule has 0 bridgehead atoms. The van der Waals surface area contributed by atoms with Crippen molar-refractivity contribution >= 4 is 22.7 Å². The summed E-state index contributed by atoms with van der Waals surface area (Å²) in [6, 6.07) is 11.4. The molecule has 6 nitrogen and oxygen atoms in total. The molecule has 2 aromatic rings. The number of hydrogen-bond donors (Lipinski definition) is 0. The number of rotatable bonds is 9. The molecule has 0 amide bonds. The van der Waals surface area contributed by atoms with Crippen molar-refractivity contribution in [2.24, 2.45) is 10.4 Å². The van der Waals surface area contributed by atoms with E-state index in [0.29, 0.717) is 11.4 Å². The van der Waals surface area contributed by atoms with Crippen molar-refractivity contribution < 1.29 is 0 Å². The molecule has 0 spiro atoms. The van der Waals surface area contributed by atoms with Crippen molar-refractivity contribution in [3.05, 3.63) is 57.3 Å². The SMILES string of the molecule is CCN(CCN(CC)c1ccc(N=O)c(C)c1)c1ccc(N=O)c(C)c1. The molecule has 0 aliphatic carbocycles. The van der Waals surface area contributed by atoms with Gasteiger partial charge >= 0.3 is 0 Å². The van der Waals surface area contributed by atoms with Gasteiger partial charge in [0.25, 0.3) is 0 Å². The van der Waals surface area contributed by atoms with E-state index in [0.717, 1.165) is 48.7 Å². The Morgan fingerprint density at radius 1 is 0.731 bits per heavy atom. The van der Waals surface area contributed by atoms with Crippen LogP contribution in [0.25, 0.3) is 0 Å². The third-order valence-corrected chi connectivity index (χ3v) is 4.69. The van der Waals surface area contributed by atoms with Crippen LogP contribution in [0.15, 0.2) is 46.8 Å². The summed E-state index contributed by atoms with van der Waals surface area (Å²) in [5, 5.41) is 6.08. The first-order valence-corrected chi connectivity index (χ1v) is 8.91. The van der Waals surface area contributed by atoms with E-state index in [1.54, 1.807) is 12.1 Å². The van der Waals surface area contributed by atoms with E-state index < -0.39 is 0 Å². The van der Waals surface area contributed by atoms with Gasteiger partial charge in [0.2, 0.25) is 0 Å². The highest BCUT2D eigenvalue weighted by Crippen LogP contribution is 2.26. The Bertz CT molecular complexity index is 711. The van der Waals surface area contributed by atoms with Crippen LogP contribution in [-0.4, -0.2) is 26.2 Å². The van der Waals surface area contributed by atoms with E-state index in [1.165, 1.54) is 0 Å². The lowest BCUT2D eigenvalue weighted by atomic mass is 10.1. The van der Waals surface area contributed by atoms with Crippen molar-refractivity contribution in [1.29, 1.82) is 0 Å². The highest BCUT2D eigenvalue weighted by molar-refractivity contribution is 5.59. The topological polar surface area (TPSA) is 65.3 Å². The average Bonchev–Trinajstić information content (AvgIpc) is 2.65. The molecule has 0 unspecified atom stereocenters. The van der Waals surface area contributed by atoms with Crippen LogP contribution in [0.1, 0.15) is 25.0 Å². The summed E-state index contributed by atoms with van der Waals surface area (Å²) in [6.07, 6.45) is 0. The van der Waals surface area contributed by atoms with Gasteiger partial charge in [-0.1, -0.05) is 0 Å². The molecule has 0 saturated carbocycles. The van der Waals surface area contributed by atoms with E-state index in [2.05, 4.69) is 34.0 Å². The Labute approximate surface area is 154 Å². The number of hydrogen-bond acceptors (Lipinski definition) is 6. The standard InChI is InChI=1S/C20H26N4O2/c1-5-23(17-7-9-19(21-25)15(3)13-17)11-12-24(6-2)18-8-10-20(22-26)16(4)14-18/h7-10,13-14H,5-6,11-12H2,1-4H3. The zero-order chi connectivity index (χ0) is 19.1. The molecule has 6 heteroatoms. The average molecular weight is 354 g/mol. The third kappa shape index (κ3) is 4.45. The summed E-state index contributed by atoms with van der Waals surface area (Å²) in [6.45, 7) is 11.5. The molecule has 0 aliphatic heterocycles. The maximum atomic E-state index is 10.8. The molecule has 26 heavy (non-hydrogen) atoms. The smallest absolute Gasteiger partial charge is 0.111 e. The lowest BCUT2D eigenvalue weighted by molar-refractivity contribution is 0.753. The second-order valence-corrected chi connectivity index (χ2v) is 6.28. The minimum absolute atomic E-state index is 0.486. The van der Waals surface area contributed by atoms with Gasteiger partial charge in [0.05, 0.1) is 0 Å². The highest BCUT2D eigenvalue weighted by atomic mass is 16.3. The monoisotopic (exact) mass is 354 g/mol. The zero-order valence-electron chi connectivity index (χ0n) is 15.9. The van der Waals surface area contributed by atoms with Crippen LogP contribution in [0.3, 0.4) is 0 Å². The largest absolute Gasteiger partial charge is 0.370 e. The molecule has 138 valence electrons. The molecule has 0 fully saturated rings. The lowest BCUT2D eigenvalue weighted by Gasteiger charge is -2.29. The normalized spacial score (nSPS) is 10.5. The van der Waals surface area contributed by atoms with Gasteiger partial charge in [-0.05, 0) is 85.6 Å². The maximum Gasteiger partial charge on any atom is 0.111 e. The number of anilines is 2. The summed E-state index contributed by atoms with van der Waals surface area (Å²) in [7, 11) is 0. The van der Waals surface area contributed by atoms with Gasteiger partial charge in [-0.25, -0.2) is 0 Å². The molecule has 0 radical (unpaired) electrons. The summed E-state index contributed by atoms with van der Waals surface area (Å²) >= 11 is 0. The van der Waals surface area contributed by atoms with E-state index in [4.69, 9.17) is 0 Å². The second-order valence-electron chi connectivity index (χ2n) is 6.28. The van der Waals surface area contributed by atoms with E-state index in [9.17, 15) is 9.81 Å². The molecule has 0 atom stereocenters. The quantitative estimate of drug-likeness (QED) is 0.561. The van der Waals surface area contributed by atoms with E-state index in [1.807, 2.05) is 38.1 Å². The molecular formula is C20H26N4O2. The van der Waals surface area contributed by atoms with Gasteiger partial charge in [0, 0.05) is 37.6 Å². The molecular weight excluding hydrogens is 328 g/mol. The van der Waals surface area contributed by atoms with Crippen molar-refractivity contribution in [2.75, 3.05) is 36.0 Å². The molecule has 0 saturated heterocycles. The van der Waals surface area contributed by atoms with Gasteiger partial charge in [-0.3, -0.25) is 0 Å². The third-order valence-electron chi connectivity index (χ3n) is 4.69. The first kappa shape index (κ1) is 19.6. The fourth-order valence-electron chi connectivity index (χ4n) is 3.06. The Hall–Kier alpha value is -2.76. The Balaban J connectivity index is 2.12. The van der Waals surface area contributed by atoms with Crippen LogP contribution in [-0.2, 0) is 0 Å². The maximum absolute atomic E-state index is 10.8. The zero-order valence-corrected chi connectivity index (χ0v) is 15.9. The lowest BCUT2D eigenvalue weighted by Crippen LogP contribution is -2.35. The van der Waals surface area contributed by atoms with Crippen LogP contribution in [0, 0.1) is 23.7 Å². The minimum atomic E-state index is 0.486. The van der Waals surface area contributed by atoms with Crippen molar-refractivity contribution in [3.63, 3.8) is 0 Å². The van der Waals surface area contributed by atoms with Gasteiger partial charge in [0.1, 0.15) is 11.4 Å². The van der Waals surface area contributed by atoms with Crippen LogP contribution in [0.4, 0.5) is 22.7 Å². The summed E-state index contributed by atoms with van der Waals surface area (Å²) in [5.41, 5.74) is 4.92. The van der Waals surface area contributed by atoms with Gasteiger partial charge in [-0.15, -0.1) is 9.81 Å². The summed E-state index contributed by atoms with van der Waals surface area (Å²) < 4.78 is 0. The van der Waals surface area contributed by atoms with Gasteiger partial charge in [0.15, 0.2) is 0 Å². The van der Waals surface area contributed by atoms with Crippen molar-refractivity contribution in [3.8, 4) is 0 Å². The molecule has 0 heterocycles. The highest BCUT2D eigenvalue weighted by Gasteiger charge is 2.11. The number of aryl methyl sites for hydroxylation is 2. The first-order chi connectivity index (χ1) is 12.5. The molecule has 2 aromatic carbocycles. The number of benzene rings is 2. The van der Waals surface area contributed by atoms with Gasteiger partial charge < -0.3 is 9.80 Å². The molecule has 2 rings (SSSR count). The molecule has 0 N–H and O–H groups in total. The molecule has 0 aliphatic rings. The first-order valence-electron chi connectivity index (χ1n) is 8.91. The Kier molecular flexibility index (Phi) is 6.83. The predicted molar refractivity (Wildman–Crippen MR) is 109 cm³/mol. The van der Waals surface area contributed by atoms with Crippen molar-refractivity contribution in [1.82, 2.24) is 0 Å². The fourth-order valence-corrected chi connectivity index (χ4v) is 3.06. The summed E-state index contributed by atoms with van der Waals surface area (Å²) in [5.74, 6) is 0. The van der Waals surface area contributed by atoms with Crippen molar-refractivity contribution in [2.45, 2.75) is 27.7 Å². The Morgan fingerprint density at radius 3 is 1.38 bits per heavy atom. The second kappa shape index (κ2) is 9.08. The van der Waals surface area contributed by atoms with Crippen LogP contribution >= 0.6 is 0 Å². The summed E-state index contributed by atoms with van der Waals surface area (Å²) in [4.78, 5) is 26.1. The van der Waals surface area contributed by atoms with Gasteiger partial charge in [-0.2, -0.15) is 0 Å².